The van der Waals surface area contributed by atoms with Gasteiger partial charge in [-0.15, -0.1) is 0 Å². The van der Waals surface area contributed by atoms with Crippen LogP contribution in [-0.4, -0.2) is 40.4 Å². The van der Waals surface area contributed by atoms with Crippen LogP contribution >= 0.6 is 0 Å². The van der Waals surface area contributed by atoms with Crippen molar-refractivity contribution in [2.24, 2.45) is 0 Å². The lowest BCUT2D eigenvalue weighted by Gasteiger charge is -2.33. The fourth-order valence-corrected chi connectivity index (χ4v) is 4.71. The summed E-state index contributed by atoms with van der Waals surface area (Å²) in [5, 5.41) is 15.1. The van der Waals surface area contributed by atoms with Crippen molar-refractivity contribution in [3.8, 4) is 6.07 Å². The Balaban J connectivity index is 1.46. The summed E-state index contributed by atoms with van der Waals surface area (Å²) in [6.07, 6.45) is 5.71. The third-order valence-corrected chi connectivity index (χ3v) is 6.28. The molecule has 1 aromatic carbocycles. The maximum absolute atomic E-state index is 13.1. The van der Waals surface area contributed by atoms with E-state index in [4.69, 9.17) is 0 Å². The lowest BCUT2D eigenvalue weighted by molar-refractivity contribution is -0.135. The number of hydrogen-bond acceptors (Lipinski definition) is 4. The zero-order valence-electron chi connectivity index (χ0n) is 15.8. The van der Waals surface area contributed by atoms with Gasteiger partial charge in [0.25, 0.3) is 5.91 Å². The molecule has 28 heavy (non-hydrogen) atoms. The van der Waals surface area contributed by atoms with E-state index in [0.29, 0.717) is 32.1 Å². The summed E-state index contributed by atoms with van der Waals surface area (Å²) >= 11 is 0. The second kappa shape index (κ2) is 6.93. The molecular formula is C21H24N4O3. The van der Waals surface area contributed by atoms with Crippen LogP contribution in [0.25, 0.3) is 0 Å². The number of rotatable bonds is 3. The minimum Gasteiger partial charge on any atom is -0.336 e. The summed E-state index contributed by atoms with van der Waals surface area (Å²) in [6.45, 7) is -0.350. The highest BCUT2D eigenvalue weighted by Gasteiger charge is 2.52. The van der Waals surface area contributed by atoms with Gasteiger partial charge < -0.3 is 10.6 Å². The van der Waals surface area contributed by atoms with Crippen LogP contribution in [0.5, 0.6) is 0 Å². The van der Waals surface area contributed by atoms with Gasteiger partial charge in [-0.3, -0.25) is 14.5 Å². The molecule has 2 aliphatic carbocycles. The van der Waals surface area contributed by atoms with Gasteiger partial charge in [-0.05, 0) is 36.8 Å². The molecule has 0 aromatic heterocycles. The van der Waals surface area contributed by atoms with Gasteiger partial charge in [-0.1, -0.05) is 43.5 Å². The van der Waals surface area contributed by atoms with Gasteiger partial charge in [0.15, 0.2) is 0 Å². The zero-order chi connectivity index (χ0) is 19.8. The number of urea groups is 1. The first-order chi connectivity index (χ1) is 13.5. The zero-order valence-corrected chi connectivity index (χ0v) is 15.8. The number of fused-ring (bicyclic) bond motifs is 1. The highest BCUT2D eigenvalue weighted by atomic mass is 16.2. The van der Waals surface area contributed by atoms with Crippen LogP contribution in [0.1, 0.15) is 49.7 Å². The van der Waals surface area contributed by atoms with Crippen LogP contribution in [-0.2, 0) is 22.4 Å². The summed E-state index contributed by atoms with van der Waals surface area (Å²) in [5.41, 5.74) is 0.401. The van der Waals surface area contributed by atoms with Gasteiger partial charge >= 0.3 is 6.03 Å². The van der Waals surface area contributed by atoms with E-state index in [1.165, 1.54) is 5.56 Å². The third kappa shape index (κ3) is 3.13. The Morgan fingerprint density at radius 3 is 2.57 bits per heavy atom. The summed E-state index contributed by atoms with van der Waals surface area (Å²) in [7, 11) is 0. The van der Waals surface area contributed by atoms with E-state index in [1.807, 2.05) is 24.3 Å². The number of nitrogens with zero attached hydrogens (tertiary/aromatic N) is 2. The lowest BCUT2D eigenvalue weighted by atomic mass is 9.78. The Morgan fingerprint density at radius 1 is 1.14 bits per heavy atom. The molecule has 1 heterocycles. The summed E-state index contributed by atoms with van der Waals surface area (Å²) < 4.78 is 0. The Kier molecular flexibility index (Phi) is 4.58. The van der Waals surface area contributed by atoms with E-state index in [1.54, 1.807) is 0 Å². The normalized spacial score (nSPS) is 25.8. The predicted molar refractivity (Wildman–Crippen MR) is 101 cm³/mol. The van der Waals surface area contributed by atoms with Crippen molar-refractivity contribution in [2.75, 3.05) is 6.54 Å². The fraction of sp³-hybridized carbons (Fsp3) is 0.524. The summed E-state index contributed by atoms with van der Waals surface area (Å²) in [4.78, 5) is 39.1. The molecule has 1 saturated carbocycles. The number of benzene rings is 1. The van der Waals surface area contributed by atoms with Gasteiger partial charge in [0.1, 0.15) is 17.6 Å². The molecule has 4 rings (SSSR count). The second-order valence-electron chi connectivity index (χ2n) is 8.15. The van der Waals surface area contributed by atoms with E-state index in [0.717, 1.165) is 29.7 Å². The monoisotopic (exact) mass is 380 g/mol. The minimum atomic E-state index is -0.969. The maximum atomic E-state index is 13.1. The molecule has 1 spiro atoms. The Bertz CT molecular complexity index is 869. The predicted octanol–water partition coefficient (Wildman–Crippen LogP) is 1.81. The molecule has 7 heteroatoms. The van der Waals surface area contributed by atoms with Crippen molar-refractivity contribution >= 4 is 17.8 Å². The number of carbonyl (C=O) groups is 3. The average Bonchev–Trinajstić information content (AvgIpc) is 2.92. The lowest BCUT2D eigenvalue weighted by Crippen LogP contribution is -2.53. The van der Waals surface area contributed by atoms with Gasteiger partial charge in [0.05, 0.1) is 6.07 Å². The fourth-order valence-electron chi connectivity index (χ4n) is 4.71. The molecule has 7 nitrogen and oxygen atoms in total. The topological polar surface area (TPSA) is 102 Å². The largest absolute Gasteiger partial charge is 0.336 e. The Morgan fingerprint density at radius 2 is 1.86 bits per heavy atom. The van der Waals surface area contributed by atoms with Crippen LogP contribution in [0.3, 0.4) is 0 Å². The van der Waals surface area contributed by atoms with Crippen LogP contribution in [0, 0.1) is 11.3 Å². The molecule has 0 radical (unpaired) electrons. The first-order valence-electron chi connectivity index (χ1n) is 9.90. The van der Waals surface area contributed by atoms with Gasteiger partial charge in [0, 0.05) is 6.42 Å². The molecule has 4 amide bonds. The Hall–Kier alpha value is -2.88. The molecule has 0 bridgehead atoms. The second-order valence-corrected chi connectivity index (χ2v) is 8.15. The average molecular weight is 380 g/mol. The smallest absolute Gasteiger partial charge is 0.325 e. The molecule has 2 N–H and O–H groups in total. The molecule has 2 fully saturated rings. The standard InChI is InChI=1S/C21H24N4O3/c22-14-20(9-4-1-5-10-20)23-17(26)13-25-18(27)21(24-19(25)28)11-8-15-6-2-3-7-16(15)12-21/h2-3,6-7H,1,4-5,8-13H2,(H,23,26)(H,24,28). The number of carbonyl (C=O) groups excluding carboxylic acids is 3. The summed E-state index contributed by atoms with van der Waals surface area (Å²) in [6, 6.07) is 9.61. The molecule has 1 saturated heterocycles. The molecule has 1 aliphatic heterocycles. The van der Waals surface area contributed by atoms with Crippen molar-refractivity contribution in [1.82, 2.24) is 15.5 Å². The van der Waals surface area contributed by atoms with Crippen molar-refractivity contribution in [3.63, 3.8) is 0 Å². The van der Waals surface area contributed by atoms with Crippen molar-refractivity contribution < 1.29 is 14.4 Å². The molecule has 146 valence electrons. The van der Waals surface area contributed by atoms with E-state index >= 15 is 0 Å². The van der Waals surface area contributed by atoms with Gasteiger partial charge in [-0.25, -0.2) is 4.79 Å². The van der Waals surface area contributed by atoms with Crippen molar-refractivity contribution in [3.05, 3.63) is 35.4 Å². The minimum absolute atomic E-state index is 0.350. The van der Waals surface area contributed by atoms with Crippen molar-refractivity contribution in [2.45, 2.75) is 62.4 Å². The number of imide groups is 1. The number of nitriles is 1. The number of aryl methyl sites for hydroxylation is 1. The van der Waals surface area contributed by atoms with Crippen LogP contribution in [0.2, 0.25) is 0 Å². The van der Waals surface area contributed by atoms with E-state index in [9.17, 15) is 19.6 Å². The molecule has 1 atom stereocenters. The van der Waals surface area contributed by atoms with Gasteiger partial charge in [0.2, 0.25) is 5.91 Å². The SMILES string of the molecule is N#CC1(NC(=O)CN2C(=O)NC3(CCc4ccccc4C3)C2=O)CCCCC1. The maximum Gasteiger partial charge on any atom is 0.325 e. The van der Waals surface area contributed by atoms with E-state index in [2.05, 4.69) is 16.7 Å². The van der Waals surface area contributed by atoms with Crippen LogP contribution in [0.15, 0.2) is 24.3 Å². The van der Waals surface area contributed by atoms with Gasteiger partial charge in [-0.2, -0.15) is 5.26 Å². The molecule has 3 aliphatic rings. The highest BCUT2D eigenvalue weighted by molar-refractivity contribution is 6.09. The Labute approximate surface area is 164 Å². The first kappa shape index (κ1) is 18.5. The first-order valence-corrected chi connectivity index (χ1v) is 9.90. The van der Waals surface area contributed by atoms with Crippen LogP contribution < -0.4 is 10.6 Å². The third-order valence-electron chi connectivity index (χ3n) is 6.28. The van der Waals surface area contributed by atoms with E-state index in [-0.39, 0.29) is 12.5 Å². The molecular weight excluding hydrogens is 356 g/mol. The number of hydrogen-bond donors (Lipinski definition) is 2. The quantitative estimate of drug-likeness (QED) is 0.781. The molecule has 1 unspecified atom stereocenters. The van der Waals surface area contributed by atoms with Crippen LogP contribution in [0.4, 0.5) is 4.79 Å². The highest BCUT2D eigenvalue weighted by Crippen LogP contribution is 2.33. The molecule has 1 aromatic rings. The van der Waals surface area contributed by atoms with Crippen molar-refractivity contribution in [1.29, 1.82) is 5.26 Å². The summed E-state index contributed by atoms with van der Waals surface area (Å²) in [5.74, 6) is -0.808. The number of amides is 4. The number of nitrogens with one attached hydrogen (secondary N) is 2. The van der Waals surface area contributed by atoms with E-state index < -0.39 is 23.0 Å².